The standard InChI is InChI=1S/C14H16N2PSe2.H3N/c18-17(19,11-5-13-1-7-15-8-2-13)12-6-14-3-9-16-10-4-14;/h1-4,7-10H,5-6,11-12H2;1H3. The summed E-state index contributed by atoms with van der Waals surface area (Å²) in [5.41, 5.74) is 2.74. The van der Waals surface area contributed by atoms with E-state index in [4.69, 9.17) is 0 Å². The quantitative estimate of drug-likeness (QED) is 0.580. The van der Waals surface area contributed by atoms with Crippen molar-refractivity contribution in [3.05, 3.63) is 60.2 Å². The van der Waals surface area contributed by atoms with Gasteiger partial charge in [0.1, 0.15) is 0 Å². The Morgan fingerprint density at radius 3 is 1.50 bits per heavy atom. The van der Waals surface area contributed by atoms with E-state index < -0.39 is 4.20 Å². The van der Waals surface area contributed by atoms with Crippen molar-refractivity contribution in [3.8, 4) is 0 Å². The van der Waals surface area contributed by atoms with Gasteiger partial charge in [0.2, 0.25) is 0 Å². The van der Waals surface area contributed by atoms with Crippen molar-refractivity contribution >= 4 is 34.9 Å². The summed E-state index contributed by atoms with van der Waals surface area (Å²) >= 11 is 6.84. The van der Waals surface area contributed by atoms with Gasteiger partial charge in [-0.2, -0.15) is 0 Å². The van der Waals surface area contributed by atoms with E-state index in [1.807, 2.05) is 24.8 Å². The molecule has 6 heteroatoms. The zero-order valence-electron chi connectivity index (χ0n) is 11.3. The zero-order valence-corrected chi connectivity index (χ0v) is 15.6. The Morgan fingerprint density at radius 1 is 0.800 bits per heavy atom. The van der Waals surface area contributed by atoms with Gasteiger partial charge in [-0.1, -0.05) is 0 Å². The van der Waals surface area contributed by atoms with Gasteiger partial charge in [-0.05, 0) is 0 Å². The first kappa shape index (κ1) is 17.8. The number of rotatable bonds is 6. The number of aromatic nitrogens is 2. The van der Waals surface area contributed by atoms with Gasteiger partial charge in [0, 0.05) is 0 Å². The second kappa shape index (κ2) is 8.89. The SMILES string of the molecule is N.[Se]P(=[Se])(CCc1ccncc1)CCc1ccncc1. The van der Waals surface area contributed by atoms with Crippen LogP contribution < -0.4 is 6.15 Å². The Morgan fingerprint density at radius 2 is 1.15 bits per heavy atom. The molecule has 3 N–H and O–H groups in total. The first-order valence-corrected chi connectivity index (χ1v) is 12.8. The van der Waals surface area contributed by atoms with Crippen molar-refractivity contribution in [1.29, 1.82) is 0 Å². The zero-order chi connectivity index (χ0) is 13.6. The molecule has 2 heterocycles. The molecular formula is C14H19N3PSe2. The summed E-state index contributed by atoms with van der Waals surface area (Å²) in [6.07, 6.45) is 12.1. The van der Waals surface area contributed by atoms with E-state index in [1.54, 1.807) is 0 Å². The molecule has 2 rings (SSSR count). The fourth-order valence-electron chi connectivity index (χ4n) is 1.81. The van der Waals surface area contributed by atoms with Gasteiger partial charge >= 0.3 is 130 Å². The third kappa shape index (κ3) is 6.45. The average Bonchev–Trinajstić information content (AvgIpc) is 2.46. The molecule has 0 aromatic carbocycles. The van der Waals surface area contributed by atoms with Crippen LogP contribution in [0.2, 0.25) is 0 Å². The Bertz CT molecular complexity index is 501. The van der Waals surface area contributed by atoms with Crippen LogP contribution in [0.15, 0.2) is 49.1 Å². The fourth-order valence-corrected chi connectivity index (χ4v) is 5.53. The van der Waals surface area contributed by atoms with E-state index in [2.05, 4.69) is 64.9 Å². The molecule has 0 bridgehead atoms. The van der Waals surface area contributed by atoms with Crippen LogP contribution in [0.4, 0.5) is 0 Å². The van der Waals surface area contributed by atoms with Gasteiger partial charge in [-0.15, -0.1) is 0 Å². The first-order chi connectivity index (χ1) is 9.16. The Kier molecular flexibility index (Phi) is 7.91. The second-order valence-electron chi connectivity index (χ2n) is 4.47. The molecular weight excluding hydrogens is 399 g/mol. The third-order valence-corrected chi connectivity index (χ3v) is 9.39. The average molecular weight is 418 g/mol. The Balaban J connectivity index is 0.00000200. The van der Waals surface area contributed by atoms with Gasteiger partial charge in [0.25, 0.3) is 0 Å². The van der Waals surface area contributed by atoms with Crippen molar-refractivity contribution in [3.63, 3.8) is 0 Å². The first-order valence-electron chi connectivity index (χ1n) is 6.23. The van der Waals surface area contributed by atoms with Crippen LogP contribution in [0.1, 0.15) is 11.1 Å². The molecule has 107 valence electrons. The topological polar surface area (TPSA) is 60.8 Å². The molecule has 1 radical (unpaired) electrons. The third-order valence-electron chi connectivity index (χ3n) is 2.98. The van der Waals surface area contributed by atoms with Crippen LogP contribution in [0, 0.1) is 0 Å². The maximum atomic E-state index is 4.05. The van der Waals surface area contributed by atoms with E-state index in [1.165, 1.54) is 23.5 Å². The summed E-state index contributed by atoms with van der Waals surface area (Å²) in [5.74, 6) is 0. The van der Waals surface area contributed by atoms with Crippen LogP contribution in [0.3, 0.4) is 0 Å². The molecule has 0 saturated carbocycles. The maximum absolute atomic E-state index is 4.05. The molecule has 0 unspecified atom stereocenters. The molecule has 0 atom stereocenters. The van der Waals surface area contributed by atoms with Gasteiger partial charge in [0.05, 0.1) is 0 Å². The fraction of sp³-hybridized carbons (Fsp3) is 0.286. The van der Waals surface area contributed by atoms with E-state index in [0.29, 0.717) is 0 Å². The predicted molar refractivity (Wildman–Crippen MR) is 89.1 cm³/mol. The van der Waals surface area contributed by atoms with Crippen LogP contribution >= 0.6 is 4.20 Å². The summed E-state index contributed by atoms with van der Waals surface area (Å²) in [5, 5.41) is 0. The Labute approximate surface area is 136 Å². The molecule has 3 nitrogen and oxygen atoms in total. The molecule has 2 aromatic heterocycles. The van der Waals surface area contributed by atoms with Gasteiger partial charge in [-0.3, -0.25) is 0 Å². The van der Waals surface area contributed by atoms with Crippen molar-refractivity contribution in [2.24, 2.45) is 0 Å². The van der Waals surface area contributed by atoms with E-state index in [0.717, 1.165) is 12.8 Å². The number of aryl methyl sites for hydroxylation is 2. The summed E-state index contributed by atoms with van der Waals surface area (Å²) in [6.45, 7) is 0. The van der Waals surface area contributed by atoms with E-state index >= 15 is 0 Å². The Hall–Kier alpha value is -0.271. The van der Waals surface area contributed by atoms with Gasteiger partial charge in [-0.25, -0.2) is 0 Å². The van der Waals surface area contributed by atoms with Crippen LogP contribution in [-0.2, 0) is 12.8 Å². The molecule has 20 heavy (non-hydrogen) atoms. The van der Waals surface area contributed by atoms with E-state index in [-0.39, 0.29) is 6.15 Å². The minimum absolute atomic E-state index is 0. The van der Waals surface area contributed by atoms with Crippen molar-refractivity contribution in [2.45, 2.75) is 12.8 Å². The summed E-state index contributed by atoms with van der Waals surface area (Å²) in [4.78, 5) is 8.11. The number of hydrogen-bond donors (Lipinski definition) is 1. The van der Waals surface area contributed by atoms with Crippen LogP contribution in [0.25, 0.3) is 0 Å². The van der Waals surface area contributed by atoms with Crippen LogP contribution in [-0.4, -0.2) is 53.0 Å². The molecule has 0 aliphatic heterocycles. The number of hydrogen-bond acceptors (Lipinski definition) is 3. The van der Waals surface area contributed by atoms with Crippen LogP contribution in [0.5, 0.6) is 0 Å². The number of nitrogens with zero attached hydrogens (tertiary/aromatic N) is 2. The monoisotopic (exact) mass is 420 g/mol. The van der Waals surface area contributed by atoms with E-state index in [9.17, 15) is 0 Å². The molecule has 2 aromatic rings. The second-order valence-corrected chi connectivity index (χ2v) is 19.3. The normalized spacial score (nSPS) is 10.8. The predicted octanol–water partition coefficient (Wildman–Crippen LogP) is 2.61. The van der Waals surface area contributed by atoms with Crippen molar-refractivity contribution < 1.29 is 0 Å². The summed E-state index contributed by atoms with van der Waals surface area (Å²) in [6, 6.07) is 8.40. The van der Waals surface area contributed by atoms with Gasteiger partial charge < -0.3 is 6.15 Å². The van der Waals surface area contributed by atoms with Crippen molar-refractivity contribution in [2.75, 3.05) is 12.3 Å². The molecule has 0 saturated heterocycles. The summed E-state index contributed by atoms with van der Waals surface area (Å²) < 4.78 is -1.06. The van der Waals surface area contributed by atoms with Crippen molar-refractivity contribution in [1.82, 2.24) is 16.1 Å². The molecule has 0 aliphatic rings. The molecule has 0 spiro atoms. The summed E-state index contributed by atoms with van der Waals surface area (Å²) in [7, 11) is 0. The molecule has 0 amide bonds. The van der Waals surface area contributed by atoms with Gasteiger partial charge in [0.15, 0.2) is 0 Å². The minimum atomic E-state index is -1.06. The molecule has 0 aliphatic carbocycles. The molecule has 0 fully saturated rings. The number of pyridine rings is 2.